The minimum absolute atomic E-state index is 0.212. The Morgan fingerprint density at radius 3 is 2.05 bits per heavy atom. The zero-order valence-electron chi connectivity index (χ0n) is 23.9. The summed E-state index contributed by atoms with van der Waals surface area (Å²) in [5.41, 5.74) is 1.28. The minimum Gasteiger partial charge on any atom is -0.492 e. The van der Waals surface area contributed by atoms with Crippen LogP contribution in [-0.2, 0) is 17.9 Å². The molecule has 2 aromatic rings. The number of imide groups is 1. The first-order chi connectivity index (χ1) is 18.5. The molecule has 0 unspecified atom stereocenters. The number of nitrogens with zero attached hydrogens (tertiary/aromatic N) is 2. The van der Waals surface area contributed by atoms with Gasteiger partial charge in [0.15, 0.2) is 6.20 Å². The highest BCUT2D eigenvalue weighted by atomic mass is 35.5. The van der Waals surface area contributed by atoms with E-state index in [2.05, 4.69) is 18.4 Å². The van der Waals surface area contributed by atoms with Gasteiger partial charge in [-0.05, 0) is 24.6 Å². The summed E-state index contributed by atoms with van der Waals surface area (Å²) < 4.78 is 7.95. The number of benzene rings is 1. The molecule has 0 aliphatic rings. The number of hydrogen-bond acceptors (Lipinski definition) is 3. The molecule has 1 aromatic heterocycles. The van der Waals surface area contributed by atoms with Crippen LogP contribution in [0.25, 0.3) is 0 Å². The van der Waals surface area contributed by atoms with Gasteiger partial charge < -0.3 is 4.74 Å². The number of aromatic nitrogens is 1. The molecule has 210 valence electrons. The number of pyridine rings is 1. The van der Waals surface area contributed by atoms with Crippen molar-refractivity contribution in [3.05, 3.63) is 58.9 Å². The van der Waals surface area contributed by atoms with E-state index in [0.29, 0.717) is 22.9 Å². The summed E-state index contributed by atoms with van der Waals surface area (Å²) in [6, 6.07) is 10.8. The molecule has 1 aromatic carbocycles. The van der Waals surface area contributed by atoms with Crippen LogP contribution in [0.5, 0.6) is 5.75 Å². The largest absolute Gasteiger partial charge is 0.492 e. The summed E-state index contributed by atoms with van der Waals surface area (Å²) in [7, 11) is 0. The monoisotopic (exact) mass is 543 g/mol. The topological polar surface area (TPSA) is 50.5 Å². The highest BCUT2D eigenvalue weighted by Gasteiger charge is 2.24. The van der Waals surface area contributed by atoms with E-state index in [0.717, 1.165) is 31.5 Å². The Morgan fingerprint density at radius 2 is 1.47 bits per heavy atom. The lowest BCUT2D eigenvalue weighted by molar-refractivity contribution is -0.704. The summed E-state index contributed by atoms with van der Waals surface area (Å²) in [6.45, 7) is 7.42. The van der Waals surface area contributed by atoms with Crippen LogP contribution in [0, 0.1) is 0 Å². The molecule has 1 heterocycles. The van der Waals surface area contributed by atoms with Gasteiger partial charge in [-0.15, -0.1) is 0 Å². The zero-order valence-corrected chi connectivity index (χ0v) is 24.6. The second-order valence-electron chi connectivity index (χ2n) is 10.2. The molecule has 0 aliphatic carbocycles. The molecule has 0 saturated carbocycles. The number of amides is 2. The first-order valence-electron chi connectivity index (χ1n) is 14.7. The lowest BCUT2D eigenvalue weighted by atomic mass is 10.1. The molecule has 2 rings (SSSR count). The van der Waals surface area contributed by atoms with Gasteiger partial charge in [0.1, 0.15) is 18.8 Å². The molecule has 2 amide bonds. The number of ether oxygens (including phenoxy) is 1. The lowest BCUT2D eigenvalue weighted by Crippen LogP contribution is -2.43. The Balaban J connectivity index is 1.76. The number of rotatable bonds is 19. The number of hydrogen-bond donors (Lipinski definition) is 0. The molecule has 0 saturated heterocycles. The molecule has 38 heavy (non-hydrogen) atoms. The predicted octanol–water partition coefficient (Wildman–Crippen LogP) is 8.31. The molecule has 0 bridgehead atoms. The van der Waals surface area contributed by atoms with E-state index in [9.17, 15) is 9.59 Å². The molecular formula is C32H48ClN2O3+. The smallest absolute Gasteiger partial charge is 0.261 e. The Kier molecular flexibility index (Phi) is 15.7. The van der Waals surface area contributed by atoms with Crippen molar-refractivity contribution in [3.8, 4) is 5.75 Å². The number of halogens is 1. The van der Waals surface area contributed by atoms with Crippen molar-refractivity contribution in [2.24, 2.45) is 0 Å². The molecular weight excluding hydrogens is 496 g/mol. The Bertz CT molecular complexity index is 979. The predicted molar refractivity (Wildman–Crippen MR) is 156 cm³/mol. The van der Waals surface area contributed by atoms with E-state index < -0.39 is 0 Å². The quantitative estimate of drug-likeness (QED) is 0.132. The Hall–Kier alpha value is -2.40. The fraction of sp³-hybridized carbons (Fsp3) is 0.594. The number of carbonyl (C=O) groups is 2. The van der Waals surface area contributed by atoms with Crippen molar-refractivity contribution in [2.75, 3.05) is 6.61 Å². The highest BCUT2D eigenvalue weighted by Crippen LogP contribution is 2.27. The highest BCUT2D eigenvalue weighted by molar-refractivity contribution is 6.32. The number of carbonyl (C=O) groups excluding carboxylic acids is 2. The maximum atomic E-state index is 13.2. The van der Waals surface area contributed by atoms with Crippen molar-refractivity contribution in [3.63, 3.8) is 0 Å². The third-order valence-electron chi connectivity index (χ3n) is 6.88. The summed E-state index contributed by atoms with van der Waals surface area (Å²) in [6.07, 6.45) is 18.5. The van der Waals surface area contributed by atoms with E-state index in [4.69, 9.17) is 16.3 Å². The van der Waals surface area contributed by atoms with Crippen LogP contribution in [0.15, 0.2) is 42.6 Å². The number of aryl methyl sites for hydroxylation is 1. The SMILES string of the molecule is CCCCCCCCCCCCCCOc1ccc(C(=O)N(Cc2cccc[n+]2CCC)C(C)=O)cc1Cl. The fourth-order valence-corrected chi connectivity index (χ4v) is 4.87. The van der Waals surface area contributed by atoms with Crippen molar-refractivity contribution < 1.29 is 18.9 Å². The van der Waals surface area contributed by atoms with E-state index in [1.807, 2.05) is 24.4 Å². The minimum atomic E-state index is -0.362. The van der Waals surface area contributed by atoms with E-state index in [1.54, 1.807) is 18.2 Å². The first kappa shape index (κ1) is 31.8. The summed E-state index contributed by atoms with van der Waals surface area (Å²) >= 11 is 6.45. The van der Waals surface area contributed by atoms with Gasteiger partial charge in [0.2, 0.25) is 11.6 Å². The molecule has 5 nitrogen and oxygen atoms in total. The van der Waals surface area contributed by atoms with E-state index in [-0.39, 0.29) is 18.4 Å². The van der Waals surface area contributed by atoms with Crippen molar-refractivity contribution in [1.29, 1.82) is 0 Å². The molecule has 0 radical (unpaired) electrons. The molecule has 0 N–H and O–H groups in total. The van der Waals surface area contributed by atoms with Gasteiger partial charge in [0.05, 0.1) is 11.6 Å². The first-order valence-corrected chi connectivity index (χ1v) is 15.1. The fourth-order valence-electron chi connectivity index (χ4n) is 4.63. The van der Waals surface area contributed by atoms with Crippen LogP contribution >= 0.6 is 11.6 Å². The third kappa shape index (κ3) is 11.6. The van der Waals surface area contributed by atoms with E-state index in [1.165, 1.54) is 76.0 Å². The molecule has 0 fully saturated rings. The number of unbranched alkanes of at least 4 members (excludes halogenated alkanes) is 11. The van der Waals surface area contributed by atoms with Gasteiger partial charge >= 0.3 is 0 Å². The van der Waals surface area contributed by atoms with Crippen LogP contribution < -0.4 is 9.30 Å². The molecule has 0 spiro atoms. The van der Waals surface area contributed by atoms with Crippen molar-refractivity contribution in [2.45, 2.75) is 117 Å². The second-order valence-corrected chi connectivity index (χ2v) is 10.6. The van der Waals surface area contributed by atoms with Crippen LogP contribution in [0.3, 0.4) is 0 Å². The van der Waals surface area contributed by atoms with Gasteiger partial charge in [0.25, 0.3) is 5.91 Å². The second kappa shape index (κ2) is 18.8. The third-order valence-corrected chi connectivity index (χ3v) is 7.17. The maximum absolute atomic E-state index is 13.2. The van der Waals surface area contributed by atoms with Crippen LogP contribution in [0.4, 0.5) is 0 Å². The normalized spacial score (nSPS) is 10.9. The van der Waals surface area contributed by atoms with Gasteiger partial charge in [-0.2, -0.15) is 0 Å². The average molecular weight is 544 g/mol. The standard InChI is InChI=1S/C32H48ClN2O3/c1-4-6-7-8-9-10-11-12-13-14-15-18-24-38-31-21-20-28(25-30(31)33)32(37)35(27(3)36)26-29-19-16-17-23-34(29)22-5-2/h16-17,19-21,23,25H,4-15,18,22,24,26H2,1-3H3/q+1. The average Bonchev–Trinajstić information content (AvgIpc) is 2.91. The Labute approximate surface area is 235 Å². The van der Waals surface area contributed by atoms with Crippen molar-refractivity contribution in [1.82, 2.24) is 4.90 Å². The Morgan fingerprint density at radius 1 is 0.842 bits per heavy atom. The van der Waals surface area contributed by atoms with Gasteiger partial charge in [-0.1, -0.05) is 102 Å². The zero-order chi connectivity index (χ0) is 27.6. The summed E-state index contributed by atoms with van der Waals surface area (Å²) in [5.74, 6) is -0.0892. The van der Waals surface area contributed by atoms with E-state index >= 15 is 0 Å². The van der Waals surface area contributed by atoms with Crippen LogP contribution in [0.2, 0.25) is 5.02 Å². The van der Waals surface area contributed by atoms with Gasteiger partial charge in [0, 0.05) is 31.0 Å². The summed E-state index contributed by atoms with van der Waals surface area (Å²) in [4.78, 5) is 26.8. The lowest BCUT2D eigenvalue weighted by Gasteiger charge is -2.19. The molecule has 6 heteroatoms. The van der Waals surface area contributed by atoms with Crippen LogP contribution in [-0.4, -0.2) is 23.3 Å². The maximum Gasteiger partial charge on any atom is 0.261 e. The molecule has 0 atom stereocenters. The van der Waals surface area contributed by atoms with Crippen LogP contribution in [0.1, 0.15) is 120 Å². The van der Waals surface area contributed by atoms with Gasteiger partial charge in [-0.3, -0.25) is 14.5 Å². The van der Waals surface area contributed by atoms with Crippen molar-refractivity contribution >= 4 is 23.4 Å². The molecule has 0 aliphatic heterocycles. The summed E-state index contributed by atoms with van der Waals surface area (Å²) in [5, 5.41) is 0.388. The van der Waals surface area contributed by atoms with Gasteiger partial charge in [-0.25, -0.2) is 4.57 Å².